The molecule has 1 heterocycles. The van der Waals surface area contributed by atoms with Gasteiger partial charge in [-0.25, -0.2) is 14.2 Å². The van der Waals surface area contributed by atoms with Crippen LogP contribution in [0.1, 0.15) is 16.1 Å². The molecule has 0 radical (unpaired) electrons. The van der Waals surface area contributed by atoms with Gasteiger partial charge in [0.15, 0.2) is 5.69 Å². The second-order valence-electron chi connectivity index (χ2n) is 3.82. The Labute approximate surface area is 103 Å². The lowest BCUT2D eigenvalue weighted by Gasteiger charge is -2.10. The Hall–Kier alpha value is -2.17. The number of rotatable bonds is 2. The van der Waals surface area contributed by atoms with E-state index in [9.17, 15) is 9.18 Å². The highest BCUT2D eigenvalue weighted by atomic mass is 19.1. The first-order chi connectivity index (χ1) is 8.56. The zero-order chi connectivity index (χ0) is 13.3. The fourth-order valence-electron chi connectivity index (χ4n) is 1.86. The van der Waals surface area contributed by atoms with Gasteiger partial charge in [-0.2, -0.15) is 0 Å². The lowest BCUT2D eigenvalue weighted by atomic mass is 10.1. The monoisotopic (exact) mass is 249 g/mol. The Bertz CT molecular complexity index is 625. The third-order valence-corrected chi connectivity index (χ3v) is 2.65. The number of carbonyl (C=O) groups is 1. The standard InChI is InChI=1S/C13H12FNO3/c1-7-4-8(14)5-9-12(7)11(17-2)6-10(15-9)13(16)18-3/h4-6H,1-3H3. The molecule has 0 atom stereocenters. The van der Waals surface area contributed by atoms with Gasteiger partial charge in [-0.1, -0.05) is 0 Å². The van der Waals surface area contributed by atoms with E-state index in [4.69, 9.17) is 4.74 Å². The lowest BCUT2D eigenvalue weighted by Crippen LogP contribution is -2.05. The first-order valence-corrected chi connectivity index (χ1v) is 5.30. The van der Waals surface area contributed by atoms with Gasteiger partial charge in [-0.05, 0) is 18.6 Å². The molecule has 0 spiro atoms. The van der Waals surface area contributed by atoms with Gasteiger partial charge in [0, 0.05) is 17.5 Å². The maximum Gasteiger partial charge on any atom is 0.356 e. The summed E-state index contributed by atoms with van der Waals surface area (Å²) in [6, 6.07) is 4.14. The van der Waals surface area contributed by atoms with Gasteiger partial charge in [-0.3, -0.25) is 0 Å². The average molecular weight is 249 g/mol. The van der Waals surface area contributed by atoms with Crippen molar-refractivity contribution in [2.45, 2.75) is 6.92 Å². The van der Waals surface area contributed by atoms with E-state index < -0.39 is 11.8 Å². The van der Waals surface area contributed by atoms with Crippen LogP contribution in [0.2, 0.25) is 0 Å². The van der Waals surface area contributed by atoms with Crippen LogP contribution in [0.4, 0.5) is 4.39 Å². The van der Waals surface area contributed by atoms with Gasteiger partial charge >= 0.3 is 5.97 Å². The minimum absolute atomic E-state index is 0.0897. The lowest BCUT2D eigenvalue weighted by molar-refractivity contribution is 0.0594. The summed E-state index contributed by atoms with van der Waals surface area (Å²) in [5.74, 6) is -0.522. The number of ether oxygens (including phenoxy) is 2. The number of nitrogens with zero attached hydrogens (tertiary/aromatic N) is 1. The summed E-state index contributed by atoms with van der Waals surface area (Å²) in [4.78, 5) is 15.5. The highest BCUT2D eigenvalue weighted by molar-refractivity contribution is 5.95. The fourth-order valence-corrected chi connectivity index (χ4v) is 1.86. The number of methoxy groups -OCH3 is 2. The Kier molecular flexibility index (Phi) is 3.14. The molecule has 0 aliphatic rings. The van der Waals surface area contributed by atoms with E-state index in [0.717, 1.165) is 0 Å². The fraction of sp³-hybridized carbons (Fsp3) is 0.231. The van der Waals surface area contributed by atoms with E-state index in [-0.39, 0.29) is 5.69 Å². The largest absolute Gasteiger partial charge is 0.496 e. The molecule has 1 aromatic carbocycles. The van der Waals surface area contributed by atoms with E-state index in [0.29, 0.717) is 22.2 Å². The van der Waals surface area contributed by atoms with Crippen LogP contribution in [0.15, 0.2) is 18.2 Å². The maximum absolute atomic E-state index is 13.4. The Morgan fingerprint density at radius 3 is 2.61 bits per heavy atom. The number of hydrogen-bond acceptors (Lipinski definition) is 4. The number of hydrogen-bond donors (Lipinski definition) is 0. The number of aromatic nitrogens is 1. The van der Waals surface area contributed by atoms with Gasteiger partial charge in [-0.15, -0.1) is 0 Å². The number of pyridine rings is 1. The predicted octanol–water partition coefficient (Wildman–Crippen LogP) is 2.48. The number of halogens is 1. The highest BCUT2D eigenvalue weighted by Gasteiger charge is 2.15. The Balaban J connectivity index is 2.79. The van der Waals surface area contributed by atoms with Crippen LogP contribution in [-0.4, -0.2) is 25.2 Å². The molecule has 0 fully saturated rings. The van der Waals surface area contributed by atoms with Crippen molar-refractivity contribution in [2.75, 3.05) is 14.2 Å². The molecular formula is C13H12FNO3. The van der Waals surface area contributed by atoms with Gasteiger partial charge < -0.3 is 9.47 Å². The molecule has 2 rings (SSSR count). The summed E-state index contributed by atoms with van der Waals surface area (Å²) in [7, 11) is 2.75. The van der Waals surface area contributed by atoms with Crippen molar-refractivity contribution >= 4 is 16.9 Å². The summed E-state index contributed by atoms with van der Waals surface area (Å²) < 4.78 is 23.2. The molecule has 4 nitrogen and oxygen atoms in total. The summed E-state index contributed by atoms with van der Waals surface area (Å²) in [5.41, 5.74) is 1.16. The molecule has 0 N–H and O–H groups in total. The predicted molar refractivity (Wildman–Crippen MR) is 64.3 cm³/mol. The molecule has 2 aromatic rings. The summed E-state index contributed by atoms with van der Waals surface area (Å²) >= 11 is 0. The Morgan fingerprint density at radius 2 is 2.00 bits per heavy atom. The van der Waals surface area contributed by atoms with Crippen LogP contribution in [0, 0.1) is 12.7 Å². The molecule has 0 aliphatic carbocycles. The van der Waals surface area contributed by atoms with Crippen LogP contribution in [0.25, 0.3) is 10.9 Å². The van der Waals surface area contributed by atoms with Crippen LogP contribution in [0.5, 0.6) is 5.75 Å². The molecule has 1 aromatic heterocycles. The molecule has 0 unspecified atom stereocenters. The van der Waals surface area contributed by atoms with Crippen molar-refractivity contribution in [1.29, 1.82) is 0 Å². The number of aryl methyl sites for hydroxylation is 1. The zero-order valence-corrected chi connectivity index (χ0v) is 10.3. The number of esters is 1. The molecule has 0 bridgehead atoms. The highest BCUT2D eigenvalue weighted by Crippen LogP contribution is 2.29. The van der Waals surface area contributed by atoms with Crippen molar-refractivity contribution in [1.82, 2.24) is 4.98 Å². The molecule has 0 aliphatic heterocycles. The summed E-state index contributed by atoms with van der Waals surface area (Å²) in [6.07, 6.45) is 0. The second-order valence-corrected chi connectivity index (χ2v) is 3.82. The zero-order valence-electron chi connectivity index (χ0n) is 10.3. The molecule has 0 saturated carbocycles. The molecule has 0 amide bonds. The van der Waals surface area contributed by atoms with Crippen molar-refractivity contribution < 1.29 is 18.7 Å². The van der Waals surface area contributed by atoms with Crippen LogP contribution in [0.3, 0.4) is 0 Å². The third kappa shape index (κ3) is 1.99. The van der Waals surface area contributed by atoms with Crippen molar-refractivity contribution in [3.63, 3.8) is 0 Å². The Morgan fingerprint density at radius 1 is 1.28 bits per heavy atom. The first-order valence-electron chi connectivity index (χ1n) is 5.30. The van der Waals surface area contributed by atoms with Gasteiger partial charge in [0.2, 0.25) is 0 Å². The van der Waals surface area contributed by atoms with Crippen LogP contribution >= 0.6 is 0 Å². The van der Waals surface area contributed by atoms with E-state index in [1.807, 2.05) is 0 Å². The molecule has 5 heteroatoms. The van der Waals surface area contributed by atoms with E-state index in [2.05, 4.69) is 9.72 Å². The van der Waals surface area contributed by atoms with E-state index in [1.54, 1.807) is 6.92 Å². The smallest absolute Gasteiger partial charge is 0.356 e. The maximum atomic E-state index is 13.4. The van der Waals surface area contributed by atoms with Gasteiger partial charge in [0.1, 0.15) is 11.6 Å². The topological polar surface area (TPSA) is 48.4 Å². The van der Waals surface area contributed by atoms with Crippen LogP contribution < -0.4 is 4.74 Å². The van der Waals surface area contributed by atoms with Crippen molar-refractivity contribution in [2.24, 2.45) is 0 Å². The number of fused-ring (bicyclic) bond motifs is 1. The van der Waals surface area contributed by atoms with Crippen molar-refractivity contribution in [3.8, 4) is 5.75 Å². The van der Waals surface area contributed by atoms with Crippen LogP contribution in [-0.2, 0) is 4.74 Å². The minimum atomic E-state index is -0.586. The molecule has 0 saturated heterocycles. The summed E-state index contributed by atoms with van der Waals surface area (Å²) in [5, 5.41) is 0.687. The summed E-state index contributed by atoms with van der Waals surface area (Å²) in [6.45, 7) is 1.76. The van der Waals surface area contributed by atoms with Gasteiger partial charge in [0.25, 0.3) is 0 Å². The molecule has 18 heavy (non-hydrogen) atoms. The second kappa shape index (κ2) is 4.60. The normalized spacial score (nSPS) is 10.4. The quantitative estimate of drug-likeness (QED) is 0.767. The minimum Gasteiger partial charge on any atom is -0.496 e. The molecular weight excluding hydrogens is 237 g/mol. The third-order valence-electron chi connectivity index (χ3n) is 2.65. The van der Waals surface area contributed by atoms with Crippen molar-refractivity contribution in [3.05, 3.63) is 35.3 Å². The number of benzene rings is 1. The van der Waals surface area contributed by atoms with E-state index in [1.165, 1.54) is 32.4 Å². The van der Waals surface area contributed by atoms with Gasteiger partial charge in [0.05, 0.1) is 19.7 Å². The first kappa shape index (κ1) is 12.3. The average Bonchev–Trinajstić information content (AvgIpc) is 2.35. The molecule has 94 valence electrons. The van der Waals surface area contributed by atoms with E-state index >= 15 is 0 Å². The number of carbonyl (C=O) groups excluding carboxylic acids is 1. The SMILES string of the molecule is COC(=O)c1cc(OC)c2c(C)cc(F)cc2n1.